The highest BCUT2D eigenvalue weighted by atomic mass is 16.5. The summed E-state index contributed by atoms with van der Waals surface area (Å²) >= 11 is 0. The lowest BCUT2D eigenvalue weighted by atomic mass is 10.0. The second-order valence-corrected chi connectivity index (χ2v) is 6.61. The van der Waals surface area contributed by atoms with E-state index in [-0.39, 0.29) is 18.6 Å². The van der Waals surface area contributed by atoms with Crippen LogP contribution >= 0.6 is 0 Å². The molecule has 0 bridgehead atoms. The van der Waals surface area contributed by atoms with Crippen LogP contribution in [-0.4, -0.2) is 23.8 Å². The summed E-state index contributed by atoms with van der Waals surface area (Å²) in [5.74, 6) is 0.595. The number of hydrogen-bond acceptors (Lipinski definition) is 5. The normalized spacial score (nSPS) is 17.8. The molecule has 5 heteroatoms. The second-order valence-electron chi connectivity index (χ2n) is 6.61. The number of benzene rings is 2. The number of anilines is 1. The molecular weight excluding hydrogens is 318 g/mol. The van der Waals surface area contributed by atoms with Gasteiger partial charge < -0.3 is 19.5 Å². The zero-order chi connectivity index (χ0) is 17.6. The summed E-state index contributed by atoms with van der Waals surface area (Å²) in [4.78, 5) is 14.4. The number of rotatable bonds is 3. The quantitative estimate of drug-likeness (QED) is 0.865. The second kappa shape index (κ2) is 5.99. The SMILES string of the molecule is Cc1c(COC(=O)c2ccccc2)c(O)c(C)c2c1OC1CCCN21. The number of nitrogens with zero attached hydrogens (tertiary/aromatic N) is 1. The predicted molar refractivity (Wildman–Crippen MR) is 94.1 cm³/mol. The zero-order valence-corrected chi connectivity index (χ0v) is 14.4. The summed E-state index contributed by atoms with van der Waals surface area (Å²) in [6, 6.07) is 8.85. The molecule has 0 aromatic heterocycles. The van der Waals surface area contributed by atoms with Crippen molar-refractivity contribution >= 4 is 11.7 Å². The summed E-state index contributed by atoms with van der Waals surface area (Å²) < 4.78 is 11.5. The van der Waals surface area contributed by atoms with Crippen LogP contribution in [0.3, 0.4) is 0 Å². The molecule has 1 fully saturated rings. The molecule has 1 atom stereocenters. The van der Waals surface area contributed by atoms with E-state index in [1.54, 1.807) is 24.3 Å². The maximum absolute atomic E-state index is 12.2. The number of phenols is 1. The van der Waals surface area contributed by atoms with Crippen LogP contribution in [-0.2, 0) is 11.3 Å². The lowest BCUT2D eigenvalue weighted by molar-refractivity contribution is 0.0469. The number of carbonyl (C=O) groups is 1. The minimum Gasteiger partial charge on any atom is -0.507 e. The first kappa shape index (κ1) is 15.8. The number of fused-ring (bicyclic) bond motifs is 3. The van der Waals surface area contributed by atoms with Crippen molar-refractivity contribution in [1.82, 2.24) is 0 Å². The molecule has 0 amide bonds. The van der Waals surface area contributed by atoms with Crippen LogP contribution in [0.4, 0.5) is 5.69 Å². The van der Waals surface area contributed by atoms with Gasteiger partial charge in [0.1, 0.15) is 18.1 Å². The number of ether oxygens (including phenoxy) is 2. The molecule has 1 unspecified atom stereocenters. The Kier molecular flexibility index (Phi) is 3.79. The molecular formula is C20H21NO4. The highest BCUT2D eigenvalue weighted by Gasteiger charge is 2.38. The zero-order valence-electron chi connectivity index (χ0n) is 14.4. The van der Waals surface area contributed by atoms with Crippen LogP contribution in [0.5, 0.6) is 11.5 Å². The van der Waals surface area contributed by atoms with Gasteiger partial charge in [-0.25, -0.2) is 4.79 Å². The number of esters is 1. The van der Waals surface area contributed by atoms with Crippen molar-refractivity contribution < 1.29 is 19.4 Å². The fraction of sp³-hybridized carbons (Fsp3) is 0.350. The van der Waals surface area contributed by atoms with Gasteiger partial charge in [0, 0.05) is 29.7 Å². The van der Waals surface area contributed by atoms with Crippen LogP contribution in [0.1, 0.15) is 39.9 Å². The first-order valence-electron chi connectivity index (χ1n) is 8.58. The largest absolute Gasteiger partial charge is 0.507 e. The van der Waals surface area contributed by atoms with Crippen molar-refractivity contribution in [2.75, 3.05) is 11.4 Å². The number of hydrogen-bond donors (Lipinski definition) is 1. The molecule has 25 heavy (non-hydrogen) atoms. The van der Waals surface area contributed by atoms with Gasteiger partial charge in [-0.15, -0.1) is 0 Å². The fourth-order valence-corrected chi connectivity index (χ4v) is 3.71. The van der Waals surface area contributed by atoms with E-state index < -0.39 is 5.97 Å². The number of phenolic OH excluding ortho intramolecular Hbond substituents is 1. The van der Waals surface area contributed by atoms with E-state index in [0.29, 0.717) is 11.1 Å². The Morgan fingerprint density at radius 3 is 2.80 bits per heavy atom. The molecule has 1 N–H and O–H groups in total. The van der Waals surface area contributed by atoms with Gasteiger partial charge in [0.2, 0.25) is 0 Å². The standard InChI is InChI=1S/C20H21NO4/c1-12-15(11-24-20(23)14-7-4-3-5-8-14)18(22)13(2)17-19(12)25-16-9-6-10-21(16)17/h3-5,7-8,16,22H,6,9-11H2,1-2H3. The molecule has 2 aromatic carbocycles. The van der Waals surface area contributed by atoms with Crippen molar-refractivity contribution in [2.45, 2.75) is 39.5 Å². The van der Waals surface area contributed by atoms with E-state index in [0.717, 1.165) is 42.0 Å². The van der Waals surface area contributed by atoms with Crippen LogP contribution in [0.2, 0.25) is 0 Å². The van der Waals surface area contributed by atoms with Crippen molar-refractivity contribution in [3.63, 3.8) is 0 Å². The summed E-state index contributed by atoms with van der Waals surface area (Å²) in [7, 11) is 0. The highest BCUT2D eigenvalue weighted by Crippen LogP contribution is 2.50. The molecule has 2 aromatic rings. The Labute approximate surface area is 146 Å². The van der Waals surface area contributed by atoms with Crippen molar-refractivity contribution in [3.8, 4) is 11.5 Å². The van der Waals surface area contributed by atoms with E-state index in [2.05, 4.69) is 4.90 Å². The summed E-state index contributed by atoms with van der Waals surface area (Å²) in [6.07, 6.45) is 2.15. The number of aromatic hydroxyl groups is 1. The first-order valence-corrected chi connectivity index (χ1v) is 8.58. The van der Waals surface area contributed by atoms with E-state index >= 15 is 0 Å². The fourth-order valence-electron chi connectivity index (χ4n) is 3.71. The molecule has 2 aliphatic rings. The van der Waals surface area contributed by atoms with Gasteiger partial charge in [-0.2, -0.15) is 0 Å². The summed E-state index contributed by atoms with van der Waals surface area (Å²) in [5, 5.41) is 10.7. The van der Waals surface area contributed by atoms with Gasteiger partial charge in [-0.05, 0) is 32.4 Å². The van der Waals surface area contributed by atoms with E-state index in [1.807, 2.05) is 19.9 Å². The van der Waals surface area contributed by atoms with Crippen LogP contribution in [0, 0.1) is 13.8 Å². The molecule has 0 radical (unpaired) electrons. The van der Waals surface area contributed by atoms with Crippen LogP contribution in [0.15, 0.2) is 30.3 Å². The Balaban J connectivity index is 1.62. The van der Waals surface area contributed by atoms with Crippen molar-refractivity contribution in [1.29, 1.82) is 0 Å². The Morgan fingerprint density at radius 1 is 1.28 bits per heavy atom. The lowest BCUT2D eigenvalue weighted by Crippen LogP contribution is -2.27. The predicted octanol–water partition coefficient (Wildman–Crippen LogP) is 3.68. The molecule has 4 rings (SSSR count). The Morgan fingerprint density at radius 2 is 2.04 bits per heavy atom. The average molecular weight is 339 g/mol. The smallest absolute Gasteiger partial charge is 0.338 e. The molecule has 0 spiro atoms. The molecule has 0 saturated carbocycles. The van der Waals surface area contributed by atoms with Crippen molar-refractivity contribution in [3.05, 3.63) is 52.6 Å². The monoisotopic (exact) mass is 339 g/mol. The Hall–Kier alpha value is -2.69. The van der Waals surface area contributed by atoms with E-state index in [4.69, 9.17) is 9.47 Å². The molecule has 130 valence electrons. The topological polar surface area (TPSA) is 59.0 Å². The minimum absolute atomic E-state index is 0.0214. The molecule has 0 aliphatic carbocycles. The lowest BCUT2D eigenvalue weighted by Gasteiger charge is -2.19. The summed E-state index contributed by atoms with van der Waals surface area (Å²) in [6.45, 7) is 4.76. The van der Waals surface area contributed by atoms with Gasteiger partial charge in [-0.1, -0.05) is 18.2 Å². The number of carbonyl (C=O) groups excluding carboxylic acids is 1. The van der Waals surface area contributed by atoms with Gasteiger partial charge in [0.15, 0.2) is 6.23 Å². The van der Waals surface area contributed by atoms with Crippen LogP contribution < -0.4 is 9.64 Å². The molecule has 1 saturated heterocycles. The Bertz CT molecular complexity index is 832. The summed E-state index contributed by atoms with van der Waals surface area (Å²) in [5.41, 5.74) is 3.72. The van der Waals surface area contributed by atoms with Crippen molar-refractivity contribution in [2.24, 2.45) is 0 Å². The first-order chi connectivity index (χ1) is 12.1. The van der Waals surface area contributed by atoms with E-state index in [9.17, 15) is 9.90 Å². The van der Waals surface area contributed by atoms with Gasteiger partial charge >= 0.3 is 5.97 Å². The molecule has 2 aliphatic heterocycles. The minimum atomic E-state index is -0.404. The maximum Gasteiger partial charge on any atom is 0.338 e. The highest BCUT2D eigenvalue weighted by molar-refractivity contribution is 5.89. The van der Waals surface area contributed by atoms with E-state index in [1.165, 1.54) is 0 Å². The molecule has 5 nitrogen and oxygen atoms in total. The van der Waals surface area contributed by atoms with Crippen LogP contribution in [0.25, 0.3) is 0 Å². The van der Waals surface area contributed by atoms with Gasteiger partial charge in [0.25, 0.3) is 0 Å². The van der Waals surface area contributed by atoms with Gasteiger partial charge in [-0.3, -0.25) is 0 Å². The third-order valence-corrected chi connectivity index (χ3v) is 5.10. The molecule has 2 heterocycles. The third kappa shape index (κ3) is 2.51. The third-order valence-electron chi connectivity index (χ3n) is 5.10. The maximum atomic E-state index is 12.2. The van der Waals surface area contributed by atoms with Gasteiger partial charge in [0.05, 0.1) is 11.3 Å². The average Bonchev–Trinajstić information content (AvgIpc) is 3.21.